The van der Waals surface area contributed by atoms with Crippen LogP contribution >= 0.6 is 23.1 Å². The van der Waals surface area contributed by atoms with E-state index in [9.17, 15) is 4.79 Å². The molecular formula is C13H16N4OS2. The van der Waals surface area contributed by atoms with Gasteiger partial charge in [0.05, 0.1) is 5.75 Å². The zero-order chi connectivity index (χ0) is 14.7. The molecule has 2 N–H and O–H groups in total. The summed E-state index contributed by atoms with van der Waals surface area (Å²) in [6.07, 6.45) is 1.83. The monoisotopic (exact) mass is 308 g/mol. The lowest BCUT2D eigenvalue weighted by molar-refractivity contribution is 0.102. The standard InChI is InChI=1S/C13H16N4OS2/c1-4-5-17-8(2)6-10(9(17)3)11(18)7-19-13-16-15-12(14)20-13/h4,6H,1,5,7H2,2-3H3,(H2,14,15). The first kappa shape index (κ1) is 14.8. The van der Waals surface area contributed by atoms with Gasteiger partial charge in [0.15, 0.2) is 10.1 Å². The summed E-state index contributed by atoms with van der Waals surface area (Å²) < 4.78 is 2.80. The zero-order valence-electron chi connectivity index (χ0n) is 11.4. The molecule has 0 fully saturated rings. The Hall–Kier alpha value is -1.60. The molecule has 2 rings (SSSR count). The number of carbonyl (C=O) groups excluding carboxylic acids is 1. The third-order valence-corrected chi connectivity index (χ3v) is 4.82. The van der Waals surface area contributed by atoms with Gasteiger partial charge in [-0.05, 0) is 19.9 Å². The molecule has 0 saturated heterocycles. The van der Waals surface area contributed by atoms with Crippen LogP contribution in [0.5, 0.6) is 0 Å². The predicted octanol–water partition coefficient (Wildman–Crippen LogP) is 2.70. The van der Waals surface area contributed by atoms with Crippen LogP contribution in [0.2, 0.25) is 0 Å². The van der Waals surface area contributed by atoms with Gasteiger partial charge in [-0.3, -0.25) is 4.79 Å². The lowest BCUT2D eigenvalue weighted by Gasteiger charge is -2.05. The zero-order valence-corrected chi connectivity index (χ0v) is 13.1. The SMILES string of the molecule is C=CCn1c(C)cc(C(=O)CSc2nnc(N)s2)c1C. The Morgan fingerprint density at radius 3 is 2.90 bits per heavy atom. The summed E-state index contributed by atoms with van der Waals surface area (Å²) >= 11 is 2.66. The summed E-state index contributed by atoms with van der Waals surface area (Å²) in [5.41, 5.74) is 8.31. The van der Waals surface area contributed by atoms with Crippen LogP contribution in [0.15, 0.2) is 23.1 Å². The van der Waals surface area contributed by atoms with Crippen LogP contribution in [0.4, 0.5) is 5.13 Å². The summed E-state index contributed by atoms with van der Waals surface area (Å²) in [7, 11) is 0. The van der Waals surface area contributed by atoms with Crippen LogP contribution in [-0.2, 0) is 6.54 Å². The van der Waals surface area contributed by atoms with Crippen molar-refractivity contribution < 1.29 is 4.79 Å². The minimum atomic E-state index is 0.0900. The van der Waals surface area contributed by atoms with Crippen LogP contribution in [0, 0.1) is 13.8 Å². The molecule has 106 valence electrons. The van der Waals surface area contributed by atoms with E-state index in [4.69, 9.17) is 5.73 Å². The van der Waals surface area contributed by atoms with Crippen LogP contribution in [0.3, 0.4) is 0 Å². The van der Waals surface area contributed by atoms with Crippen LogP contribution in [0.25, 0.3) is 0 Å². The van der Waals surface area contributed by atoms with E-state index in [1.807, 2.05) is 26.0 Å². The number of nitrogens with zero attached hydrogens (tertiary/aromatic N) is 3. The Kier molecular flexibility index (Phi) is 4.61. The summed E-state index contributed by atoms with van der Waals surface area (Å²) in [5.74, 6) is 0.430. The number of rotatable bonds is 6. The van der Waals surface area contributed by atoms with Gasteiger partial charge in [0, 0.05) is 23.5 Å². The Labute approximate surface area is 125 Å². The number of hydrogen-bond acceptors (Lipinski definition) is 6. The predicted molar refractivity (Wildman–Crippen MR) is 83.5 cm³/mol. The number of Topliss-reactive ketones (excluding diaryl/α,β-unsaturated/α-hetero) is 1. The molecule has 0 amide bonds. The van der Waals surface area contributed by atoms with E-state index in [-0.39, 0.29) is 5.78 Å². The van der Waals surface area contributed by atoms with Crippen molar-refractivity contribution in [3.63, 3.8) is 0 Å². The van der Waals surface area contributed by atoms with E-state index in [0.29, 0.717) is 17.4 Å². The number of nitrogen functional groups attached to an aromatic ring is 1. The molecule has 0 aromatic carbocycles. The van der Waals surface area contributed by atoms with Crippen LogP contribution < -0.4 is 5.73 Å². The van der Waals surface area contributed by atoms with Crippen molar-refractivity contribution in [2.45, 2.75) is 24.7 Å². The second-order valence-electron chi connectivity index (χ2n) is 4.30. The van der Waals surface area contributed by atoms with Crippen molar-refractivity contribution in [2.24, 2.45) is 0 Å². The molecule has 0 aliphatic heterocycles. The number of nitrogens with two attached hydrogens (primary N) is 1. The van der Waals surface area contributed by atoms with Gasteiger partial charge in [0.1, 0.15) is 0 Å². The highest BCUT2D eigenvalue weighted by Gasteiger charge is 2.16. The first-order valence-electron chi connectivity index (χ1n) is 6.05. The quantitative estimate of drug-likeness (QED) is 0.504. The number of ketones is 1. The number of aryl methyl sites for hydroxylation is 1. The van der Waals surface area contributed by atoms with Gasteiger partial charge in [-0.25, -0.2) is 0 Å². The number of allylic oxidation sites excluding steroid dienone is 1. The summed E-state index contributed by atoms with van der Waals surface area (Å²) in [6, 6.07) is 1.93. The maximum absolute atomic E-state index is 12.3. The van der Waals surface area contributed by atoms with Crippen molar-refractivity contribution in [1.82, 2.24) is 14.8 Å². The van der Waals surface area contributed by atoms with Gasteiger partial charge in [0.25, 0.3) is 0 Å². The van der Waals surface area contributed by atoms with Gasteiger partial charge in [-0.15, -0.1) is 16.8 Å². The number of anilines is 1. The fourth-order valence-corrected chi connectivity index (χ4v) is 3.50. The van der Waals surface area contributed by atoms with E-state index in [2.05, 4.69) is 21.3 Å². The fourth-order valence-electron chi connectivity index (χ4n) is 1.98. The highest BCUT2D eigenvalue weighted by molar-refractivity contribution is 8.01. The maximum Gasteiger partial charge on any atom is 0.203 e. The normalized spacial score (nSPS) is 10.7. The van der Waals surface area contributed by atoms with E-state index in [1.165, 1.54) is 23.1 Å². The molecular weight excluding hydrogens is 292 g/mol. The van der Waals surface area contributed by atoms with Crippen molar-refractivity contribution in [3.05, 3.63) is 35.7 Å². The fraction of sp³-hybridized carbons (Fsp3) is 0.308. The topological polar surface area (TPSA) is 73.8 Å². The Morgan fingerprint density at radius 2 is 2.30 bits per heavy atom. The Morgan fingerprint density at radius 1 is 1.55 bits per heavy atom. The third-order valence-electron chi connectivity index (χ3n) is 2.93. The number of carbonyl (C=O) groups is 1. The van der Waals surface area contributed by atoms with Gasteiger partial charge in [-0.2, -0.15) is 0 Å². The Bertz CT molecular complexity index is 645. The molecule has 7 heteroatoms. The van der Waals surface area contributed by atoms with Gasteiger partial charge in [-0.1, -0.05) is 29.2 Å². The largest absolute Gasteiger partial charge is 0.374 e. The molecule has 20 heavy (non-hydrogen) atoms. The van der Waals surface area contributed by atoms with E-state index < -0.39 is 0 Å². The molecule has 0 saturated carbocycles. The molecule has 0 spiro atoms. The highest BCUT2D eigenvalue weighted by atomic mass is 32.2. The smallest absolute Gasteiger partial charge is 0.203 e. The van der Waals surface area contributed by atoms with Crippen molar-refractivity contribution >= 4 is 34.0 Å². The van der Waals surface area contributed by atoms with E-state index in [1.54, 1.807) is 0 Å². The van der Waals surface area contributed by atoms with Gasteiger partial charge in [0.2, 0.25) is 5.13 Å². The number of thioether (sulfide) groups is 1. The van der Waals surface area contributed by atoms with E-state index in [0.717, 1.165) is 21.3 Å². The maximum atomic E-state index is 12.3. The molecule has 0 atom stereocenters. The molecule has 2 aromatic heterocycles. The van der Waals surface area contributed by atoms with Crippen LogP contribution in [0.1, 0.15) is 21.7 Å². The average Bonchev–Trinajstić information content (AvgIpc) is 2.94. The second-order valence-corrected chi connectivity index (χ2v) is 6.53. The average molecular weight is 308 g/mol. The number of aromatic nitrogens is 3. The molecule has 0 unspecified atom stereocenters. The molecule has 0 aliphatic rings. The lowest BCUT2D eigenvalue weighted by atomic mass is 10.2. The lowest BCUT2D eigenvalue weighted by Crippen LogP contribution is -2.06. The molecule has 2 heterocycles. The first-order valence-corrected chi connectivity index (χ1v) is 7.85. The Balaban J connectivity index is 2.09. The van der Waals surface area contributed by atoms with Crippen molar-refractivity contribution in [3.8, 4) is 0 Å². The molecule has 0 radical (unpaired) electrons. The van der Waals surface area contributed by atoms with Gasteiger partial charge >= 0.3 is 0 Å². The molecule has 0 aliphatic carbocycles. The summed E-state index contributed by atoms with van der Waals surface area (Å²) in [5, 5.41) is 8.04. The molecule has 0 bridgehead atoms. The summed E-state index contributed by atoms with van der Waals surface area (Å²) in [4.78, 5) is 12.3. The minimum Gasteiger partial charge on any atom is -0.374 e. The van der Waals surface area contributed by atoms with Crippen molar-refractivity contribution in [2.75, 3.05) is 11.5 Å². The highest BCUT2D eigenvalue weighted by Crippen LogP contribution is 2.25. The third kappa shape index (κ3) is 3.10. The van der Waals surface area contributed by atoms with Gasteiger partial charge < -0.3 is 10.3 Å². The summed E-state index contributed by atoms with van der Waals surface area (Å²) in [6.45, 7) is 8.40. The van der Waals surface area contributed by atoms with Crippen molar-refractivity contribution in [1.29, 1.82) is 0 Å². The number of hydrogen-bond donors (Lipinski definition) is 1. The first-order chi connectivity index (χ1) is 9.52. The molecule has 5 nitrogen and oxygen atoms in total. The van der Waals surface area contributed by atoms with Crippen LogP contribution in [-0.4, -0.2) is 26.3 Å². The second kappa shape index (κ2) is 6.23. The molecule has 2 aromatic rings. The van der Waals surface area contributed by atoms with E-state index >= 15 is 0 Å². The minimum absolute atomic E-state index is 0.0900.